The predicted molar refractivity (Wildman–Crippen MR) is 74.7 cm³/mol. The molecule has 15 heavy (non-hydrogen) atoms. The Kier molecular flexibility index (Phi) is 4.59. The predicted octanol–water partition coefficient (Wildman–Crippen LogP) is 5.32. The molecule has 0 radical (unpaired) electrons. The average Bonchev–Trinajstić information content (AvgIpc) is 2.61. The number of hydrogen-bond donors (Lipinski definition) is 0. The van der Waals surface area contributed by atoms with Gasteiger partial charge < -0.3 is 0 Å². The molecule has 1 saturated carbocycles. The van der Waals surface area contributed by atoms with Crippen LogP contribution >= 0.6 is 39.0 Å². The van der Waals surface area contributed by atoms with Crippen molar-refractivity contribution in [1.82, 2.24) is 0 Å². The highest BCUT2D eigenvalue weighted by molar-refractivity contribution is 9.10. The summed E-state index contributed by atoms with van der Waals surface area (Å²) in [6.07, 6.45) is 5.73. The molecule has 0 nitrogen and oxygen atoms in total. The maximum absolute atomic E-state index is 3.60. The van der Waals surface area contributed by atoms with Crippen LogP contribution in [0.1, 0.15) is 37.5 Å². The van der Waals surface area contributed by atoms with E-state index in [0.29, 0.717) is 0 Å². The first-order chi connectivity index (χ1) is 7.25. The molecule has 0 bridgehead atoms. The smallest absolute Gasteiger partial charge is 0.0322 e. The first kappa shape index (κ1) is 12.0. The van der Waals surface area contributed by atoms with E-state index in [1.807, 2.05) is 11.3 Å². The lowest BCUT2D eigenvalue weighted by atomic mass is 9.91. The minimum absolute atomic E-state index is 0.905. The van der Waals surface area contributed by atoms with E-state index in [1.54, 1.807) is 0 Å². The van der Waals surface area contributed by atoms with Gasteiger partial charge >= 0.3 is 0 Å². The molecule has 0 N–H and O–H groups in total. The summed E-state index contributed by atoms with van der Waals surface area (Å²) in [7, 11) is 0. The monoisotopic (exact) mass is 304 g/mol. The van der Waals surface area contributed by atoms with Gasteiger partial charge in [-0.3, -0.25) is 0 Å². The molecule has 1 fully saturated rings. The normalized spacial score (nSPS) is 26.8. The Bertz CT molecular complexity index is 308. The quantitative estimate of drug-likeness (QED) is 0.728. The van der Waals surface area contributed by atoms with Crippen LogP contribution < -0.4 is 0 Å². The largest absolute Gasteiger partial charge is 0.153 e. The number of rotatable bonds is 3. The molecule has 2 rings (SSSR count). The minimum atomic E-state index is 0.905. The van der Waals surface area contributed by atoms with Crippen LogP contribution in [-0.2, 0) is 5.75 Å². The molecule has 1 heterocycles. The van der Waals surface area contributed by atoms with Crippen molar-refractivity contribution in [3.05, 3.63) is 20.8 Å². The fraction of sp³-hybridized carbons (Fsp3) is 0.667. The summed E-state index contributed by atoms with van der Waals surface area (Å²) in [5, 5.41) is 3.08. The summed E-state index contributed by atoms with van der Waals surface area (Å²) in [6.45, 7) is 2.40. The van der Waals surface area contributed by atoms with Crippen molar-refractivity contribution in [3.8, 4) is 0 Å². The van der Waals surface area contributed by atoms with E-state index in [1.165, 1.54) is 40.8 Å². The zero-order chi connectivity index (χ0) is 10.7. The number of halogens is 1. The second kappa shape index (κ2) is 5.74. The maximum Gasteiger partial charge on any atom is 0.0322 e. The molecule has 3 heteroatoms. The zero-order valence-corrected chi connectivity index (χ0v) is 12.3. The fourth-order valence-corrected chi connectivity index (χ4v) is 5.43. The van der Waals surface area contributed by atoms with Crippen LogP contribution in [0.2, 0.25) is 0 Å². The molecule has 0 amide bonds. The van der Waals surface area contributed by atoms with Gasteiger partial charge in [0.2, 0.25) is 0 Å². The average molecular weight is 305 g/mol. The molecule has 2 unspecified atom stereocenters. The molecule has 0 aliphatic heterocycles. The number of hydrogen-bond acceptors (Lipinski definition) is 2. The van der Waals surface area contributed by atoms with Crippen molar-refractivity contribution in [3.63, 3.8) is 0 Å². The van der Waals surface area contributed by atoms with Crippen LogP contribution in [-0.4, -0.2) is 5.25 Å². The van der Waals surface area contributed by atoms with Gasteiger partial charge in [-0.2, -0.15) is 11.8 Å². The van der Waals surface area contributed by atoms with Gasteiger partial charge in [-0.15, -0.1) is 11.3 Å². The first-order valence-electron chi connectivity index (χ1n) is 5.59. The van der Waals surface area contributed by atoms with Crippen LogP contribution in [0.25, 0.3) is 0 Å². The lowest BCUT2D eigenvalue weighted by Crippen LogP contribution is -2.15. The molecule has 84 valence electrons. The van der Waals surface area contributed by atoms with Crippen molar-refractivity contribution < 1.29 is 0 Å². The molecule has 1 aromatic rings. The zero-order valence-electron chi connectivity index (χ0n) is 9.04. The summed E-state index contributed by atoms with van der Waals surface area (Å²) in [5.41, 5.74) is 0. The Morgan fingerprint density at radius 2 is 2.40 bits per heavy atom. The third-order valence-corrected chi connectivity index (χ3v) is 6.49. The topological polar surface area (TPSA) is 0 Å². The lowest BCUT2D eigenvalue weighted by Gasteiger charge is -2.26. The third-order valence-electron chi connectivity index (χ3n) is 3.03. The van der Waals surface area contributed by atoms with E-state index in [2.05, 4.69) is 46.1 Å². The SMILES string of the molecule is CC1CCCC(SCc2sccc2Br)C1. The summed E-state index contributed by atoms with van der Waals surface area (Å²) >= 11 is 7.62. The molecule has 1 aromatic heterocycles. The van der Waals surface area contributed by atoms with Gasteiger partial charge in [0.1, 0.15) is 0 Å². The van der Waals surface area contributed by atoms with Crippen molar-refractivity contribution in [2.45, 2.75) is 43.6 Å². The Labute approximate surface area is 109 Å². The molecule has 0 saturated heterocycles. The van der Waals surface area contributed by atoms with Gasteiger partial charge in [-0.1, -0.05) is 19.8 Å². The van der Waals surface area contributed by atoms with Gasteiger partial charge in [0.25, 0.3) is 0 Å². The molecule has 2 atom stereocenters. The van der Waals surface area contributed by atoms with Crippen molar-refractivity contribution in [2.24, 2.45) is 5.92 Å². The van der Waals surface area contributed by atoms with E-state index in [9.17, 15) is 0 Å². The highest BCUT2D eigenvalue weighted by atomic mass is 79.9. The Morgan fingerprint density at radius 1 is 1.53 bits per heavy atom. The van der Waals surface area contributed by atoms with Gasteiger partial charge in [0.15, 0.2) is 0 Å². The summed E-state index contributed by atoms with van der Waals surface area (Å²) in [4.78, 5) is 1.50. The summed E-state index contributed by atoms with van der Waals surface area (Å²) in [5.74, 6) is 2.14. The molecule has 1 aliphatic rings. The van der Waals surface area contributed by atoms with Crippen molar-refractivity contribution in [1.29, 1.82) is 0 Å². The molecular weight excluding hydrogens is 288 g/mol. The van der Waals surface area contributed by atoms with Crippen LogP contribution in [0.4, 0.5) is 0 Å². The highest BCUT2D eigenvalue weighted by Gasteiger charge is 2.19. The molecule has 0 spiro atoms. The van der Waals surface area contributed by atoms with Crippen LogP contribution in [0.15, 0.2) is 15.9 Å². The van der Waals surface area contributed by atoms with E-state index < -0.39 is 0 Å². The van der Waals surface area contributed by atoms with Gasteiger partial charge in [-0.25, -0.2) is 0 Å². The van der Waals surface area contributed by atoms with Crippen LogP contribution in [0.3, 0.4) is 0 Å². The Hall–Kier alpha value is 0.530. The summed E-state index contributed by atoms with van der Waals surface area (Å²) in [6, 6.07) is 2.16. The molecule has 0 aromatic carbocycles. The van der Waals surface area contributed by atoms with Crippen molar-refractivity contribution in [2.75, 3.05) is 0 Å². The van der Waals surface area contributed by atoms with Crippen LogP contribution in [0, 0.1) is 5.92 Å². The Balaban J connectivity index is 1.80. The maximum atomic E-state index is 3.60. The fourth-order valence-electron chi connectivity index (χ4n) is 2.15. The van der Waals surface area contributed by atoms with E-state index >= 15 is 0 Å². The number of thioether (sulfide) groups is 1. The summed E-state index contributed by atoms with van der Waals surface area (Å²) < 4.78 is 1.30. The second-order valence-electron chi connectivity index (χ2n) is 4.40. The first-order valence-corrected chi connectivity index (χ1v) is 8.31. The Morgan fingerprint density at radius 3 is 3.07 bits per heavy atom. The van der Waals surface area contributed by atoms with Gasteiger partial charge in [-0.05, 0) is 46.1 Å². The highest BCUT2D eigenvalue weighted by Crippen LogP contribution is 2.35. The molecular formula is C12H17BrS2. The molecule has 1 aliphatic carbocycles. The van der Waals surface area contributed by atoms with Crippen LogP contribution in [0.5, 0.6) is 0 Å². The second-order valence-corrected chi connectivity index (χ2v) is 7.54. The van der Waals surface area contributed by atoms with Gasteiger partial charge in [0, 0.05) is 20.4 Å². The number of thiophene rings is 1. The van der Waals surface area contributed by atoms with E-state index in [-0.39, 0.29) is 0 Å². The van der Waals surface area contributed by atoms with Crippen molar-refractivity contribution >= 4 is 39.0 Å². The van der Waals surface area contributed by atoms with E-state index in [4.69, 9.17) is 0 Å². The third kappa shape index (κ3) is 3.50. The lowest BCUT2D eigenvalue weighted by molar-refractivity contribution is 0.394. The standard InChI is InChI=1S/C12H17BrS2/c1-9-3-2-4-10(7-9)15-8-12-11(13)5-6-14-12/h5-6,9-10H,2-4,7-8H2,1H3. The van der Waals surface area contributed by atoms with Gasteiger partial charge in [0.05, 0.1) is 0 Å². The van der Waals surface area contributed by atoms with E-state index in [0.717, 1.165) is 11.2 Å². The minimum Gasteiger partial charge on any atom is -0.153 e.